The Bertz CT molecular complexity index is 176. The van der Waals surface area contributed by atoms with Crippen molar-refractivity contribution in [1.82, 2.24) is 5.32 Å². The summed E-state index contributed by atoms with van der Waals surface area (Å²) >= 11 is 0. The zero-order chi connectivity index (χ0) is 9.73. The number of carbonyl (C=O) groups is 1. The van der Waals surface area contributed by atoms with Gasteiger partial charge in [-0.15, -0.1) is 0 Å². The highest BCUT2D eigenvalue weighted by Crippen LogP contribution is 2.39. The van der Waals surface area contributed by atoms with Gasteiger partial charge in [0, 0.05) is 19.6 Å². The summed E-state index contributed by atoms with van der Waals surface area (Å²) in [5, 5.41) is 11.4. The average molecular weight is 185 g/mol. The molecule has 1 aliphatic rings. The van der Waals surface area contributed by atoms with Gasteiger partial charge in [-0.1, -0.05) is 13.3 Å². The Hall–Kier alpha value is -0.570. The SMILES string of the molecule is CC1(CNC(=O)CCCO)CCC1. The van der Waals surface area contributed by atoms with Crippen LogP contribution in [0.3, 0.4) is 0 Å². The van der Waals surface area contributed by atoms with Crippen LogP contribution in [-0.2, 0) is 4.79 Å². The lowest BCUT2D eigenvalue weighted by Gasteiger charge is -2.38. The third-order valence-corrected chi connectivity index (χ3v) is 2.83. The summed E-state index contributed by atoms with van der Waals surface area (Å²) in [4.78, 5) is 11.2. The smallest absolute Gasteiger partial charge is 0.220 e. The van der Waals surface area contributed by atoms with E-state index in [-0.39, 0.29) is 12.5 Å². The highest BCUT2D eigenvalue weighted by molar-refractivity contribution is 5.75. The van der Waals surface area contributed by atoms with E-state index in [0.717, 1.165) is 6.54 Å². The lowest BCUT2D eigenvalue weighted by Crippen LogP contribution is -2.39. The molecule has 2 N–H and O–H groups in total. The Labute approximate surface area is 79.5 Å². The standard InChI is InChI=1S/C10H19NO2/c1-10(5-3-6-10)8-11-9(13)4-2-7-12/h12H,2-8H2,1H3,(H,11,13). The van der Waals surface area contributed by atoms with E-state index in [1.165, 1.54) is 19.3 Å². The van der Waals surface area contributed by atoms with Crippen molar-refractivity contribution in [3.05, 3.63) is 0 Å². The number of carbonyl (C=O) groups excluding carboxylic acids is 1. The monoisotopic (exact) mass is 185 g/mol. The number of aliphatic hydroxyl groups excluding tert-OH is 1. The molecule has 0 saturated heterocycles. The van der Waals surface area contributed by atoms with Crippen LogP contribution in [0.5, 0.6) is 0 Å². The molecule has 3 heteroatoms. The van der Waals surface area contributed by atoms with Crippen LogP contribution in [0.25, 0.3) is 0 Å². The number of nitrogens with one attached hydrogen (secondary N) is 1. The van der Waals surface area contributed by atoms with Gasteiger partial charge < -0.3 is 10.4 Å². The molecule has 13 heavy (non-hydrogen) atoms. The first-order valence-corrected chi connectivity index (χ1v) is 5.04. The van der Waals surface area contributed by atoms with E-state index in [1.54, 1.807) is 0 Å². The van der Waals surface area contributed by atoms with Crippen molar-refractivity contribution >= 4 is 5.91 Å². The molecule has 1 saturated carbocycles. The first kappa shape index (κ1) is 10.5. The van der Waals surface area contributed by atoms with Crippen molar-refractivity contribution in [2.45, 2.75) is 39.0 Å². The Morgan fingerprint density at radius 3 is 2.69 bits per heavy atom. The quantitative estimate of drug-likeness (QED) is 0.673. The summed E-state index contributed by atoms with van der Waals surface area (Å²) in [7, 11) is 0. The number of aliphatic hydroxyl groups is 1. The van der Waals surface area contributed by atoms with Crippen molar-refractivity contribution in [2.75, 3.05) is 13.2 Å². The van der Waals surface area contributed by atoms with Crippen LogP contribution in [0.15, 0.2) is 0 Å². The fraction of sp³-hybridized carbons (Fsp3) is 0.900. The lowest BCUT2D eigenvalue weighted by atomic mass is 9.70. The summed E-state index contributed by atoms with van der Waals surface area (Å²) in [6.45, 7) is 3.12. The topological polar surface area (TPSA) is 49.3 Å². The predicted molar refractivity (Wildman–Crippen MR) is 51.3 cm³/mol. The fourth-order valence-electron chi connectivity index (χ4n) is 1.60. The minimum absolute atomic E-state index is 0.0715. The molecule has 1 fully saturated rings. The van der Waals surface area contributed by atoms with Gasteiger partial charge in [0.1, 0.15) is 0 Å². The Morgan fingerprint density at radius 2 is 2.23 bits per heavy atom. The van der Waals surface area contributed by atoms with Crippen molar-refractivity contribution < 1.29 is 9.90 Å². The fourth-order valence-corrected chi connectivity index (χ4v) is 1.60. The number of hydrogen-bond acceptors (Lipinski definition) is 2. The third kappa shape index (κ3) is 3.35. The van der Waals surface area contributed by atoms with Gasteiger partial charge in [-0.2, -0.15) is 0 Å². The van der Waals surface area contributed by atoms with E-state index in [4.69, 9.17) is 5.11 Å². The summed E-state index contributed by atoms with van der Waals surface area (Å²) < 4.78 is 0. The van der Waals surface area contributed by atoms with Gasteiger partial charge >= 0.3 is 0 Å². The van der Waals surface area contributed by atoms with E-state index in [2.05, 4.69) is 12.2 Å². The van der Waals surface area contributed by atoms with Gasteiger partial charge in [0.05, 0.1) is 0 Å². The second-order valence-electron chi connectivity index (χ2n) is 4.27. The third-order valence-electron chi connectivity index (χ3n) is 2.83. The molecule has 0 heterocycles. The first-order valence-electron chi connectivity index (χ1n) is 5.04. The van der Waals surface area contributed by atoms with E-state index < -0.39 is 0 Å². The molecule has 1 amide bonds. The Morgan fingerprint density at radius 1 is 1.54 bits per heavy atom. The van der Waals surface area contributed by atoms with Crippen molar-refractivity contribution in [3.8, 4) is 0 Å². The number of hydrogen-bond donors (Lipinski definition) is 2. The van der Waals surface area contributed by atoms with E-state index >= 15 is 0 Å². The summed E-state index contributed by atoms with van der Waals surface area (Å²) in [5.74, 6) is 0.0715. The minimum atomic E-state index is 0.0715. The van der Waals surface area contributed by atoms with Crippen molar-refractivity contribution in [3.63, 3.8) is 0 Å². The molecular weight excluding hydrogens is 166 g/mol. The maximum Gasteiger partial charge on any atom is 0.220 e. The molecule has 0 radical (unpaired) electrons. The second-order valence-corrected chi connectivity index (χ2v) is 4.27. The maximum absolute atomic E-state index is 11.2. The first-order chi connectivity index (χ1) is 6.16. The zero-order valence-corrected chi connectivity index (χ0v) is 8.31. The molecule has 0 bridgehead atoms. The number of amides is 1. The molecule has 0 aliphatic heterocycles. The number of rotatable bonds is 5. The highest BCUT2D eigenvalue weighted by Gasteiger charge is 2.31. The van der Waals surface area contributed by atoms with Crippen LogP contribution in [0, 0.1) is 5.41 Å². The lowest BCUT2D eigenvalue weighted by molar-refractivity contribution is -0.122. The van der Waals surface area contributed by atoms with E-state index in [9.17, 15) is 4.79 Å². The Kier molecular flexibility index (Phi) is 3.72. The zero-order valence-electron chi connectivity index (χ0n) is 8.31. The molecule has 3 nitrogen and oxygen atoms in total. The molecule has 0 aromatic heterocycles. The second kappa shape index (κ2) is 4.61. The molecule has 0 atom stereocenters. The molecule has 0 aromatic carbocycles. The van der Waals surface area contributed by atoms with Gasteiger partial charge in [-0.05, 0) is 24.7 Å². The summed E-state index contributed by atoms with van der Waals surface area (Å²) in [6, 6.07) is 0. The van der Waals surface area contributed by atoms with Gasteiger partial charge in [0.25, 0.3) is 0 Å². The van der Waals surface area contributed by atoms with Gasteiger partial charge in [0.2, 0.25) is 5.91 Å². The van der Waals surface area contributed by atoms with Crippen molar-refractivity contribution in [1.29, 1.82) is 0 Å². The van der Waals surface area contributed by atoms with Crippen LogP contribution in [0.1, 0.15) is 39.0 Å². The highest BCUT2D eigenvalue weighted by atomic mass is 16.3. The molecular formula is C10H19NO2. The van der Waals surface area contributed by atoms with Gasteiger partial charge in [0.15, 0.2) is 0 Å². The molecule has 1 aliphatic carbocycles. The predicted octanol–water partition coefficient (Wildman–Crippen LogP) is 1.07. The van der Waals surface area contributed by atoms with Gasteiger partial charge in [-0.3, -0.25) is 4.79 Å². The normalized spacial score (nSPS) is 19.2. The minimum Gasteiger partial charge on any atom is -0.396 e. The van der Waals surface area contributed by atoms with Gasteiger partial charge in [-0.25, -0.2) is 0 Å². The van der Waals surface area contributed by atoms with E-state index in [0.29, 0.717) is 18.3 Å². The van der Waals surface area contributed by atoms with Crippen LogP contribution in [-0.4, -0.2) is 24.2 Å². The average Bonchev–Trinajstić information content (AvgIpc) is 2.08. The van der Waals surface area contributed by atoms with Crippen LogP contribution >= 0.6 is 0 Å². The van der Waals surface area contributed by atoms with Crippen LogP contribution in [0.2, 0.25) is 0 Å². The van der Waals surface area contributed by atoms with Crippen molar-refractivity contribution in [2.24, 2.45) is 5.41 Å². The summed E-state index contributed by atoms with van der Waals surface area (Å²) in [6.07, 6.45) is 4.78. The van der Waals surface area contributed by atoms with Crippen LogP contribution in [0.4, 0.5) is 0 Å². The largest absolute Gasteiger partial charge is 0.396 e. The van der Waals surface area contributed by atoms with Crippen LogP contribution < -0.4 is 5.32 Å². The van der Waals surface area contributed by atoms with E-state index in [1.807, 2.05) is 0 Å². The molecule has 0 spiro atoms. The maximum atomic E-state index is 11.2. The molecule has 76 valence electrons. The Balaban J connectivity index is 2.07. The molecule has 0 aromatic rings. The molecule has 0 unspecified atom stereocenters. The molecule has 1 rings (SSSR count). The summed E-state index contributed by atoms with van der Waals surface area (Å²) in [5.41, 5.74) is 0.356.